The second-order valence-corrected chi connectivity index (χ2v) is 7.55. The van der Waals surface area contributed by atoms with E-state index in [1.807, 2.05) is 0 Å². The summed E-state index contributed by atoms with van der Waals surface area (Å²) < 4.78 is 4.18. The number of aromatic hydroxyl groups is 1. The Labute approximate surface area is 153 Å². The zero-order valence-electron chi connectivity index (χ0n) is 14.4. The van der Waals surface area contributed by atoms with E-state index < -0.39 is 4.75 Å². The number of thioether (sulfide) groups is 1. The Bertz CT molecular complexity index is 972. The summed E-state index contributed by atoms with van der Waals surface area (Å²) in [5.41, 5.74) is 7.29. The van der Waals surface area contributed by atoms with Gasteiger partial charge in [0.1, 0.15) is 10.5 Å². The number of nitrogens with one attached hydrogen (secondary N) is 2. The van der Waals surface area contributed by atoms with Gasteiger partial charge in [0.15, 0.2) is 17.1 Å². The highest BCUT2D eigenvalue weighted by molar-refractivity contribution is 8.01. The first-order chi connectivity index (χ1) is 12.3. The van der Waals surface area contributed by atoms with Gasteiger partial charge in [-0.25, -0.2) is 9.97 Å². The van der Waals surface area contributed by atoms with Crippen LogP contribution in [0.1, 0.15) is 13.8 Å². The van der Waals surface area contributed by atoms with Gasteiger partial charge in [0.25, 0.3) is 0 Å². The number of anilines is 2. The lowest BCUT2D eigenvalue weighted by Gasteiger charge is -2.23. The van der Waals surface area contributed by atoms with Crippen LogP contribution in [0, 0.1) is 0 Å². The van der Waals surface area contributed by atoms with E-state index in [9.17, 15) is 9.90 Å². The van der Waals surface area contributed by atoms with Crippen molar-refractivity contribution in [3.05, 3.63) is 24.5 Å². The van der Waals surface area contributed by atoms with Gasteiger partial charge in [-0.2, -0.15) is 4.98 Å². The van der Waals surface area contributed by atoms with Crippen LogP contribution in [0.4, 0.5) is 11.6 Å². The number of hydrogen-bond donors (Lipinski definition) is 4. The molecule has 2 aromatic heterocycles. The first kappa shape index (κ1) is 17.8. The first-order valence-corrected chi connectivity index (χ1v) is 8.46. The third-order valence-electron chi connectivity index (χ3n) is 3.61. The minimum atomic E-state index is -0.871. The number of imidazole rings is 1. The molecule has 26 heavy (non-hydrogen) atoms. The summed E-state index contributed by atoms with van der Waals surface area (Å²) >= 11 is 1.24. The summed E-state index contributed by atoms with van der Waals surface area (Å²) in [5.74, 6) is 0.111. The molecule has 3 aromatic rings. The van der Waals surface area contributed by atoms with Crippen LogP contribution in [0.15, 0.2) is 29.6 Å². The minimum Gasteiger partial charge on any atom is -0.504 e. The molecule has 0 unspecified atom stereocenters. The van der Waals surface area contributed by atoms with E-state index in [4.69, 9.17) is 10.5 Å². The second-order valence-electron chi connectivity index (χ2n) is 5.94. The molecule has 0 saturated carbocycles. The van der Waals surface area contributed by atoms with Crippen LogP contribution >= 0.6 is 11.8 Å². The van der Waals surface area contributed by atoms with Crippen LogP contribution in [-0.4, -0.2) is 42.8 Å². The van der Waals surface area contributed by atoms with Crippen molar-refractivity contribution in [2.24, 2.45) is 0 Å². The smallest absolute Gasteiger partial charge is 0.240 e. The van der Waals surface area contributed by atoms with Gasteiger partial charge >= 0.3 is 0 Å². The van der Waals surface area contributed by atoms with Crippen molar-refractivity contribution in [2.75, 3.05) is 18.2 Å². The Balaban J connectivity index is 1.83. The normalized spacial score (nSPS) is 11.5. The molecule has 2 heterocycles. The van der Waals surface area contributed by atoms with Crippen LogP contribution in [0.3, 0.4) is 0 Å². The van der Waals surface area contributed by atoms with Gasteiger partial charge in [-0.15, -0.1) is 0 Å². The fourth-order valence-corrected chi connectivity index (χ4v) is 3.24. The third kappa shape index (κ3) is 3.49. The number of nitrogens with zero attached hydrogens (tertiary/aromatic N) is 3. The Morgan fingerprint density at radius 2 is 2.15 bits per heavy atom. The largest absolute Gasteiger partial charge is 0.504 e. The van der Waals surface area contributed by atoms with Crippen LogP contribution in [0.5, 0.6) is 11.5 Å². The lowest BCUT2D eigenvalue weighted by atomic mass is 10.2. The highest BCUT2D eigenvalue weighted by atomic mass is 32.2. The average molecular weight is 374 g/mol. The summed E-state index contributed by atoms with van der Waals surface area (Å²) in [5, 5.41) is 13.0. The number of H-pyrrole nitrogens is 1. The summed E-state index contributed by atoms with van der Waals surface area (Å²) in [7, 11) is 1.44. The molecule has 10 heteroatoms. The molecule has 0 spiro atoms. The molecule has 0 atom stereocenters. The van der Waals surface area contributed by atoms with E-state index in [0.717, 1.165) is 0 Å². The predicted octanol–water partition coefficient (Wildman–Crippen LogP) is 2.16. The van der Waals surface area contributed by atoms with Gasteiger partial charge in [-0.05, 0) is 26.0 Å². The summed E-state index contributed by atoms with van der Waals surface area (Å²) in [4.78, 5) is 28.0. The number of hydrogen-bond acceptors (Lipinski definition) is 8. The minimum absolute atomic E-state index is 0.00256. The number of ether oxygens (including phenoxy) is 1. The molecule has 1 amide bonds. The zero-order valence-corrected chi connectivity index (χ0v) is 15.2. The molecule has 9 nitrogen and oxygen atoms in total. The van der Waals surface area contributed by atoms with Gasteiger partial charge in [0.05, 0.1) is 18.2 Å². The van der Waals surface area contributed by atoms with Crippen molar-refractivity contribution in [1.29, 1.82) is 0 Å². The fourth-order valence-electron chi connectivity index (χ4n) is 2.22. The van der Waals surface area contributed by atoms with Crippen LogP contribution in [-0.2, 0) is 4.79 Å². The van der Waals surface area contributed by atoms with Crippen LogP contribution in [0.25, 0.3) is 11.2 Å². The number of phenols is 1. The molecule has 0 saturated heterocycles. The highest BCUT2D eigenvalue weighted by Crippen LogP contribution is 2.36. The monoisotopic (exact) mass is 374 g/mol. The number of carbonyl (C=O) groups is 1. The summed E-state index contributed by atoms with van der Waals surface area (Å²) in [6, 6.07) is 4.59. The molecule has 0 aliphatic heterocycles. The van der Waals surface area contributed by atoms with Gasteiger partial charge in [0, 0.05) is 11.8 Å². The Morgan fingerprint density at radius 1 is 1.38 bits per heavy atom. The zero-order chi connectivity index (χ0) is 18.9. The number of benzene rings is 1. The van der Waals surface area contributed by atoms with Gasteiger partial charge < -0.3 is 25.9 Å². The quantitative estimate of drug-likeness (QED) is 0.303. The lowest BCUT2D eigenvalue weighted by molar-refractivity contribution is -0.117. The highest BCUT2D eigenvalue weighted by Gasteiger charge is 2.31. The molecule has 5 N–H and O–H groups in total. The fraction of sp³-hybridized carbons (Fsp3) is 0.250. The van der Waals surface area contributed by atoms with E-state index in [-0.39, 0.29) is 23.4 Å². The van der Waals surface area contributed by atoms with Crippen LogP contribution in [0.2, 0.25) is 0 Å². The number of amides is 1. The topological polar surface area (TPSA) is 139 Å². The Hall–Kier alpha value is -3.01. The lowest BCUT2D eigenvalue weighted by Crippen LogP contribution is -2.34. The molecule has 136 valence electrons. The maximum Gasteiger partial charge on any atom is 0.240 e. The van der Waals surface area contributed by atoms with Crippen molar-refractivity contribution < 1.29 is 14.6 Å². The average Bonchev–Trinajstić information content (AvgIpc) is 3.04. The number of fused-ring (bicyclic) bond motifs is 1. The van der Waals surface area contributed by atoms with Gasteiger partial charge in [-0.3, -0.25) is 4.79 Å². The summed E-state index contributed by atoms with van der Waals surface area (Å²) in [6.07, 6.45) is 1.50. The molecular weight excluding hydrogens is 356 g/mol. The third-order valence-corrected chi connectivity index (χ3v) is 4.79. The SMILES string of the molecule is COc1cc(NC(=O)C(C)(C)Sc2nc(N)nc3nc[nH]c23)ccc1O. The Morgan fingerprint density at radius 3 is 2.88 bits per heavy atom. The molecule has 0 bridgehead atoms. The number of phenolic OH excluding ortho intramolecular Hbond substituents is 1. The Kier molecular flexibility index (Phi) is 4.60. The van der Waals surface area contributed by atoms with Crippen molar-refractivity contribution in [2.45, 2.75) is 23.6 Å². The second kappa shape index (κ2) is 6.71. The van der Waals surface area contributed by atoms with Gasteiger partial charge in [0.2, 0.25) is 11.9 Å². The van der Waals surface area contributed by atoms with E-state index in [2.05, 4.69) is 25.3 Å². The van der Waals surface area contributed by atoms with Crippen molar-refractivity contribution in [3.63, 3.8) is 0 Å². The molecule has 3 rings (SSSR count). The number of aromatic amines is 1. The van der Waals surface area contributed by atoms with E-state index in [0.29, 0.717) is 21.9 Å². The van der Waals surface area contributed by atoms with Crippen molar-refractivity contribution in [1.82, 2.24) is 19.9 Å². The molecular formula is C16H18N6O3S. The number of methoxy groups -OCH3 is 1. The van der Waals surface area contributed by atoms with E-state index >= 15 is 0 Å². The number of aromatic nitrogens is 4. The maximum atomic E-state index is 12.7. The van der Waals surface area contributed by atoms with Gasteiger partial charge in [-0.1, -0.05) is 11.8 Å². The first-order valence-electron chi connectivity index (χ1n) is 7.64. The van der Waals surface area contributed by atoms with Crippen molar-refractivity contribution >= 4 is 40.5 Å². The summed E-state index contributed by atoms with van der Waals surface area (Å²) in [6.45, 7) is 3.54. The molecule has 0 aliphatic rings. The number of nitrogen functional groups attached to an aromatic ring is 1. The molecule has 1 aromatic carbocycles. The number of carbonyl (C=O) groups excluding carboxylic acids is 1. The predicted molar refractivity (Wildman–Crippen MR) is 99.3 cm³/mol. The molecule has 0 aliphatic carbocycles. The standard InChI is InChI=1S/C16H18N6O3S/c1-16(2,14(24)20-8-4-5-9(23)10(6-8)25-3)26-13-11-12(19-7-18-11)21-15(17)22-13/h4-7,23H,1-3H3,(H,20,24)(H3,17,18,19,21,22). The maximum absolute atomic E-state index is 12.7. The number of nitrogens with two attached hydrogens (primary N) is 1. The number of rotatable bonds is 5. The van der Waals surface area contributed by atoms with Crippen molar-refractivity contribution in [3.8, 4) is 11.5 Å². The van der Waals surface area contributed by atoms with E-state index in [1.54, 1.807) is 26.0 Å². The molecule has 0 radical (unpaired) electrons. The van der Waals surface area contributed by atoms with Crippen LogP contribution < -0.4 is 15.8 Å². The molecule has 0 fully saturated rings. The van der Waals surface area contributed by atoms with E-state index in [1.165, 1.54) is 31.3 Å².